The summed E-state index contributed by atoms with van der Waals surface area (Å²) in [4.78, 5) is 20.8. The first-order chi connectivity index (χ1) is 12.9. The summed E-state index contributed by atoms with van der Waals surface area (Å²) in [6, 6.07) is 7.49. The fourth-order valence-corrected chi connectivity index (χ4v) is 2.82. The number of halogens is 3. The second kappa shape index (κ2) is 6.41. The van der Waals surface area contributed by atoms with Crippen molar-refractivity contribution in [1.82, 2.24) is 24.9 Å². The van der Waals surface area contributed by atoms with Gasteiger partial charge in [0.25, 0.3) is 5.78 Å². The normalized spacial score (nSPS) is 15.1. The molecule has 140 valence electrons. The molecule has 1 aromatic carbocycles. The third kappa shape index (κ3) is 3.35. The largest absolute Gasteiger partial charge is 0.433 e. The van der Waals surface area contributed by atoms with Crippen LogP contribution in [-0.4, -0.2) is 38.7 Å². The maximum atomic E-state index is 13.1. The Morgan fingerprint density at radius 1 is 1.22 bits per heavy atom. The average molecular weight is 377 g/mol. The van der Waals surface area contributed by atoms with Gasteiger partial charge in [0.1, 0.15) is 12.1 Å². The Hall–Kier alpha value is -3.37. The summed E-state index contributed by atoms with van der Waals surface area (Å²) in [6.07, 6.45) is -2.68. The second-order valence-corrected chi connectivity index (χ2v) is 5.91. The van der Waals surface area contributed by atoms with Crippen LogP contribution in [0.3, 0.4) is 0 Å². The summed E-state index contributed by atoms with van der Waals surface area (Å²) >= 11 is 0. The molecule has 1 saturated heterocycles. The first kappa shape index (κ1) is 17.1. The first-order valence-corrected chi connectivity index (χ1v) is 8.12. The maximum Gasteiger partial charge on any atom is 0.433 e. The average Bonchev–Trinajstić information content (AvgIpc) is 3.11. The first-order valence-electron chi connectivity index (χ1n) is 8.12. The smallest absolute Gasteiger partial charge is 0.340 e. The number of carbonyl (C=O) groups excluding carboxylic acids is 1. The van der Waals surface area contributed by atoms with Crippen molar-refractivity contribution in [3.8, 4) is 0 Å². The van der Waals surface area contributed by atoms with E-state index in [1.807, 2.05) is 0 Å². The molecule has 0 radical (unpaired) electrons. The number of alkyl halides is 3. The van der Waals surface area contributed by atoms with Crippen LogP contribution < -0.4 is 15.5 Å². The molecule has 0 aliphatic carbocycles. The number of amides is 2. The highest BCUT2D eigenvalue weighted by atomic mass is 19.4. The summed E-state index contributed by atoms with van der Waals surface area (Å²) in [5, 5.41) is 9.56. The molecule has 27 heavy (non-hydrogen) atoms. The number of carbonyl (C=O) groups is 1. The number of fused-ring (bicyclic) bond motifs is 1. The van der Waals surface area contributed by atoms with Crippen molar-refractivity contribution in [3.63, 3.8) is 0 Å². The van der Waals surface area contributed by atoms with Crippen LogP contribution in [0.5, 0.6) is 0 Å². The Morgan fingerprint density at radius 3 is 2.85 bits per heavy atom. The summed E-state index contributed by atoms with van der Waals surface area (Å²) in [7, 11) is 0. The van der Waals surface area contributed by atoms with Crippen LogP contribution in [-0.2, 0) is 6.18 Å². The third-order valence-electron chi connectivity index (χ3n) is 4.05. The molecule has 4 rings (SSSR count). The fraction of sp³-hybridized carbons (Fsp3) is 0.250. The molecule has 0 unspecified atom stereocenters. The van der Waals surface area contributed by atoms with Gasteiger partial charge in [-0.25, -0.2) is 9.78 Å². The summed E-state index contributed by atoms with van der Waals surface area (Å²) in [5.41, 5.74) is 0.0659. The van der Waals surface area contributed by atoms with Crippen LogP contribution in [0.2, 0.25) is 0 Å². The van der Waals surface area contributed by atoms with Gasteiger partial charge in [-0.05, 0) is 24.6 Å². The van der Waals surface area contributed by atoms with Gasteiger partial charge in [-0.3, -0.25) is 4.90 Å². The molecular weight excluding hydrogens is 363 g/mol. The number of nitrogens with zero attached hydrogens (tertiary/aromatic N) is 5. The summed E-state index contributed by atoms with van der Waals surface area (Å²) in [6.45, 7) is 1.19. The minimum atomic E-state index is -4.61. The van der Waals surface area contributed by atoms with E-state index in [0.717, 1.165) is 18.8 Å². The SMILES string of the molecule is O=C1NCCCN1c1cccc(Nc2cc(C(F)(F)F)nc3ncnn23)c1. The van der Waals surface area contributed by atoms with Crippen molar-refractivity contribution in [2.24, 2.45) is 0 Å². The fourth-order valence-electron chi connectivity index (χ4n) is 2.82. The second-order valence-electron chi connectivity index (χ2n) is 5.91. The topological polar surface area (TPSA) is 87.5 Å². The molecule has 1 aliphatic heterocycles. The predicted molar refractivity (Wildman–Crippen MR) is 90.9 cm³/mol. The zero-order chi connectivity index (χ0) is 19.0. The lowest BCUT2D eigenvalue weighted by Crippen LogP contribution is -2.46. The van der Waals surface area contributed by atoms with Gasteiger partial charge in [0, 0.05) is 30.5 Å². The molecule has 2 N–H and O–H groups in total. The molecule has 1 aliphatic rings. The van der Waals surface area contributed by atoms with Crippen LogP contribution >= 0.6 is 0 Å². The van der Waals surface area contributed by atoms with Crippen LogP contribution in [0, 0.1) is 0 Å². The number of urea groups is 1. The number of hydrogen-bond donors (Lipinski definition) is 2. The Labute approximate surface area is 151 Å². The molecule has 0 atom stereocenters. The van der Waals surface area contributed by atoms with Crippen LogP contribution in [0.15, 0.2) is 36.7 Å². The lowest BCUT2D eigenvalue weighted by atomic mass is 10.2. The summed E-state index contributed by atoms with van der Waals surface area (Å²) in [5.74, 6) is -0.107. The van der Waals surface area contributed by atoms with E-state index in [-0.39, 0.29) is 17.6 Å². The number of aromatic nitrogens is 4. The molecule has 2 aromatic heterocycles. The van der Waals surface area contributed by atoms with Crippen LogP contribution in [0.25, 0.3) is 5.78 Å². The molecule has 0 saturated carbocycles. The van der Waals surface area contributed by atoms with E-state index in [0.29, 0.717) is 24.5 Å². The maximum absolute atomic E-state index is 13.1. The van der Waals surface area contributed by atoms with Gasteiger partial charge < -0.3 is 10.6 Å². The zero-order valence-electron chi connectivity index (χ0n) is 13.9. The highest BCUT2D eigenvalue weighted by molar-refractivity contribution is 5.93. The van der Waals surface area contributed by atoms with E-state index in [4.69, 9.17) is 0 Å². The van der Waals surface area contributed by atoms with E-state index in [9.17, 15) is 18.0 Å². The minimum Gasteiger partial charge on any atom is -0.340 e. The van der Waals surface area contributed by atoms with E-state index in [1.165, 1.54) is 4.52 Å². The van der Waals surface area contributed by atoms with Crippen molar-refractivity contribution in [3.05, 3.63) is 42.4 Å². The standard InChI is InChI=1S/C16H14F3N7O/c17-16(18,19)12-8-13(26-14(24-12)21-9-22-26)23-10-3-1-4-11(7-10)25-6-2-5-20-15(25)27/h1,3-4,7-9,23H,2,5-6H2,(H,20,27). The molecule has 3 aromatic rings. The zero-order valence-corrected chi connectivity index (χ0v) is 13.9. The van der Waals surface area contributed by atoms with Crippen LogP contribution in [0.4, 0.5) is 35.2 Å². The third-order valence-corrected chi connectivity index (χ3v) is 4.05. The van der Waals surface area contributed by atoms with E-state index < -0.39 is 11.9 Å². The molecule has 1 fully saturated rings. The van der Waals surface area contributed by atoms with E-state index in [1.54, 1.807) is 29.2 Å². The van der Waals surface area contributed by atoms with E-state index >= 15 is 0 Å². The number of rotatable bonds is 3. The van der Waals surface area contributed by atoms with Crippen molar-refractivity contribution in [1.29, 1.82) is 0 Å². The van der Waals surface area contributed by atoms with Gasteiger partial charge in [-0.1, -0.05) is 6.07 Å². The van der Waals surface area contributed by atoms with Crippen molar-refractivity contribution in [2.75, 3.05) is 23.3 Å². The molecule has 8 nitrogen and oxygen atoms in total. The molecule has 2 amide bonds. The van der Waals surface area contributed by atoms with Gasteiger partial charge in [0.15, 0.2) is 5.69 Å². The quantitative estimate of drug-likeness (QED) is 0.733. The summed E-state index contributed by atoms with van der Waals surface area (Å²) < 4.78 is 40.5. The Balaban J connectivity index is 1.69. The van der Waals surface area contributed by atoms with Gasteiger partial charge >= 0.3 is 12.2 Å². The van der Waals surface area contributed by atoms with Crippen molar-refractivity contribution >= 4 is 29.0 Å². The molecule has 0 bridgehead atoms. The minimum absolute atomic E-state index is 0.0603. The van der Waals surface area contributed by atoms with Gasteiger partial charge in [0.05, 0.1) is 0 Å². The number of benzene rings is 1. The van der Waals surface area contributed by atoms with Gasteiger partial charge in [0.2, 0.25) is 0 Å². The monoisotopic (exact) mass is 377 g/mol. The Morgan fingerprint density at radius 2 is 2.07 bits per heavy atom. The molecule has 0 spiro atoms. The highest BCUT2D eigenvalue weighted by Gasteiger charge is 2.34. The number of nitrogens with one attached hydrogen (secondary N) is 2. The van der Waals surface area contributed by atoms with Gasteiger partial charge in [-0.15, -0.1) is 0 Å². The number of hydrogen-bond acceptors (Lipinski definition) is 5. The number of anilines is 3. The molecular formula is C16H14F3N7O. The van der Waals surface area contributed by atoms with E-state index in [2.05, 4.69) is 25.7 Å². The van der Waals surface area contributed by atoms with Crippen LogP contribution in [0.1, 0.15) is 12.1 Å². The van der Waals surface area contributed by atoms with Crippen molar-refractivity contribution < 1.29 is 18.0 Å². The molecule has 11 heteroatoms. The lowest BCUT2D eigenvalue weighted by Gasteiger charge is -2.27. The Kier molecular flexibility index (Phi) is 4.05. The van der Waals surface area contributed by atoms with Gasteiger partial charge in [-0.2, -0.15) is 27.8 Å². The predicted octanol–water partition coefficient (Wildman–Crippen LogP) is 2.81. The highest BCUT2D eigenvalue weighted by Crippen LogP contribution is 2.31. The molecule has 3 heterocycles. The Bertz CT molecular complexity index is 1000. The lowest BCUT2D eigenvalue weighted by molar-refractivity contribution is -0.141. The van der Waals surface area contributed by atoms with Crippen molar-refractivity contribution in [2.45, 2.75) is 12.6 Å².